The summed E-state index contributed by atoms with van der Waals surface area (Å²) in [5, 5.41) is 0.429. The maximum atomic E-state index is 12.3. The van der Waals surface area contributed by atoms with Gasteiger partial charge in [0.05, 0.1) is 10.7 Å². The third kappa shape index (κ3) is 4.12. The van der Waals surface area contributed by atoms with E-state index < -0.39 is 5.91 Å². The highest BCUT2D eigenvalue weighted by molar-refractivity contribution is 6.34. The van der Waals surface area contributed by atoms with Crippen molar-refractivity contribution in [2.75, 3.05) is 11.4 Å². The first-order chi connectivity index (χ1) is 12.1. The fraction of sp³-hybridized carbons (Fsp3) is 0.500. The summed E-state index contributed by atoms with van der Waals surface area (Å²) in [5.41, 5.74) is 5.86. The highest BCUT2D eigenvalue weighted by Gasteiger charge is 2.25. The van der Waals surface area contributed by atoms with Crippen LogP contribution in [0, 0.1) is 5.92 Å². The Kier molecular flexibility index (Phi) is 5.58. The molecule has 134 valence electrons. The molecule has 0 spiro atoms. The number of rotatable bonds is 3. The Morgan fingerprint density at radius 3 is 2.52 bits per heavy atom. The van der Waals surface area contributed by atoms with Gasteiger partial charge in [0.15, 0.2) is 0 Å². The molecule has 2 N–H and O–H groups in total. The van der Waals surface area contributed by atoms with Crippen LogP contribution in [0.3, 0.4) is 0 Å². The molecule has 1 aliphatic carbocycles. The van der Waals surface area contributed by atoms with E-state index in [1.165, 1.54) is 6.42 Å². The summed E-state index contributed by atoms with van der Waals surface area (Å²) in [4.78, 5) is 37.9. The van der Waals surface area contributed by atoms with Gasteiger partial charge in [-0.05, 0) is 37.5 Å². The van der Waals surface area contributed by atoms with Crippen LogP contribution < -0.4 is 15.8 Å². The number of carbonyl (C=O) groups is 3. The topological polar surface area (TPSA) is 78.5 Å². The second-order valence-electron chi connectivity index (χ2n) is 6.59. The maximum absolute atomic E-state index is 12.3. The third-order valence-corrected chi connectivity index (χ3v) is 5.17. The van der Waals surface area contributed by atoms with E-state index in [1.54, 1.807) is 23.1 Å². The minimum atomic E-state index is -0.422. The van der Waals surface area contributed by atoms with Gasteiger partial charge in [-0.3, -0.25) is 25.2 Å². The van der Waals surface area contributed by atoms with Crippen LogP contribution in [-0.4, -0.2) is 24.3 Å². The quantitative estimate of drug-likeness (QED) is 0.810. The van der Waals surface area contributed by atoms with Gasteiger partial charge >= 0.3 is 0 Å². The Labute approximate surface area is 151 Å². The van der Waals surface area contributed by atoms with Crippen LogP contribution in [0.25, 0.3) is 0 Å². The second kappa shape index (κ2) is 7.87. The average Bonchev–Trinajstić information content (AvgIpc) is 3.06. The number of benzene rings is 1. The number of hydrogen-bond acceptors (Lipinski definition) is 3. The van der Waals surface area contributed by atoms with E-state index in [4.69, 9.17) is 11.6 Å². The molecule has 0 aromatic heterocycles. The Morgan fingerprint density at radius 2 is 1.84 bits per heavy atom. The van der Waals surface area contributed by atoms with Crippen LogP contribution >= 0.6 is 11.6 Å². The monoisotopic (exact) mass is 363 g/mol. The first-order valence-corrected chi connectivity index (χ1v) is 9.14. The van der Waals surface area contributed by atoms with Gasteiger partial charge in [-0.15, -0.1) is 0 Å². The van der Waals surface area contributed by atoms with E-state index in [-0.39, 0.29) is 17.7 Å². The lowest BCUT2D eigenvalue weighted by atomic mass is 9.89. The maximum Gasteiger partial charge on any atom is 0.269 e. The van der Waals surface area contributed by atoms with Crippen molar-refractivity contribution in [3.63, 3.8) is 0 Å². The molecule has 3 amide bonds. The van der Waals surface area contributed by atoms with E-state index in [1.807, 2.05) is 0 Å². The van der Waals surface area contributed by atoms with Crippen LogP contribution in [0.4, 0.5) is 5.69 Å². The molecule has 0 bridgehead atoms. The fourth-order valence-electron chi connectivity index (χ4n) is 3.42. The summed E-state index contributed by atoms with van der Waals surface area (Å²) >= 11 is 6.18. The lowest BCUT2D eigenvalue weighted by Crippen LogP contribution is -2.45. The van der Waals surface area contributed by atoms with Crippen molar-refractivity contribution in [3.8, 4) is 0 Å². The minimum Gasteiger partial charge on any atom is -0.311 e. The molecular formula is C18H22ClN3O3. The number of amides is 3. The van der Waals surface area contributed by atoms with Crippen molar-refractivity contribution in [1.29, 1.82) is 0 Å². The predicted molar refractivity (Wildman–Crippen MR) is 95.2 cm³/mol. The zero-order chi connectivity index (χ0) is 17.8. The molecule has 7 heteroatoms. The highest BCUT2D eigenvalue weighted by Crippen LogP contribution is 2.30. The standard InChI is InChI=1S/C18H22ClN3O3/c19-14-9-8-13(11-15(14)22-10-4-7-16(22)23)18(25)21-20-17(24)12-5-2-1-3-6-12/h8-9,11-12H,1-7,10H2,(H,20,24)(H,21,25). The first kappa shape index (κ1) is 17.7. The highest BCUT2D eigenvalue weighted by atomic mass is 35.5. The molecule has 1 aliphatic heterocycles. The van der Waals surface area contributed by atoms with Gasteiger partial charge < -0.3 is 4.90 Å². The summed E-state index contributed by atoms with van der Waals surface area (Å²) < 4.78 is 0. The van der Waals surface area contributed by atoms with Crippen molar-refractivity contribution in [2.24, 2.45) is 5.92 Å². The number of hydrogen-bond donors (Lipinski definition) is 2. The summed E-state index contributed by atoms with van der Waals surface area (Å²) in [5.74, 6) is -0.590. The van der Waals surface area contributed by atoms with E-state index in [2.05, 4.69) is 10.9 Å². The lowest BCUT2D eigenvalue weighted by Gasteiger charge is -2.21. The second-order valence-corrected chi connectivity index (χ2v) is 7.00. The Balaban J connectivity index is 1.64. The normalized spacial score (nSPS) is 18.3. The predicted octanol–water partition coefficient (Wildman–Crippen LogP) is 2.81. The molecule has 25 heavy (non-hydrogen) atoms. The number of nitrogens with one attached hydrogen (secondary N) is 2. The van der Waals surface area contributed by atoms with Gasteiger partial charge in [-0.2, -0.15) is 0 Å². The molecule has 0 unspecified atom stereocenters. The van der Waals surface area contributed by atoms with Crippen LogP contribution in [0.1, 0.15) is 55.3 Å². The van der Waals surface area contributed by atoms with E-state index in [0.29, 0.717) is 29.2 Å². The lowest BCUT2D eigenvalue weighted by molar-refractivity contribution is -0.126. The first-order valence-electron chi connectivity index (χ1n) is 8.76. The number of carbonyl (C=O) groups excluding carboxylic acids is 3. The SMILES string of the molecule is O=C(NNC(=O)C1CCCCC1)c1ccc(Cl)c(N2CCCC2=O)c1. The van der Waals surface area contributed by atoms with Crippen molar-refractivity contribution in [1.82, 2.24) is 10.9 Å². The minimum absolute atomic E-state index is 0.00468. The van der Waals surface area contributed by atoms with Gasteiger partial charge in [-0.25, -0.2) is 0 Å². The van der Waals surface area contributed by atoms with Gasteiger partial charge in [0.25, 0.3) is 5.91 Å². The smallest absolute Gasteiger partial charge is 0.269 e. The van der Waals surface area contributed by atoms with E-state index in [9.17, 15) is 14.4 Å². The van der Waals surface area contributed by atoms with Crippen LogP contribution in [0.15, 0.2) is 18.2 Å². The molecule has 3 rings (SSSR count). The summed E-state index contributed by atoms with van der Waals surface area (Å²) in [6.07, 6.45) is 6.27. The molecule has 6 nitrogen and oxygen atoms in total. The van der Waals surface area contributed by atoms with Crippen LogP contribution in [0.5, 0.6) is 0 Å². The molecule has 2 fully saturated rings. The van der Waals surface area contributed by atoms with Crippen molar-refractivity contribution in [3.05, 3.63) is 28.8 Å². The Bertz CT molecular complexity index is 686. The zero-order valence-corrected chi connectivity index (χ0v) is 14.8. The average molecular weight is 364 g/mol. The molecule has 1 saturated heterocycles. The molecule has 0 atom stereocenters. The Morgan fingerprint density at radius 1 is 1.08 bits per heavy atom. The van der Waals surface area contributed by atoms with Crippen LogP contribution in [0.2, 0.25) is 5.02 Å². The van der Waals surface area contributed by atoms with Crippen LogP contribution in [-0.2, 0) is 9.59 Å². The van der Waals surface area contributed by atoms with Crippen molar-refractivity contribution in [2.45, 2.75) is 44.9 Å². The summed E-state index contributed by atoms with van der Waals surface area (Å²) in [7, 11) is 0. The molecule has 1 heterocycles. The number of halogens is 1. The number of nitrogens with zero attached hydrogens (tertiary/aromatic N) is 1. The molecule has 1 aromatic carbocycles. The third-order valence-electron chi connectivity index (χ3n) is 4.85. The molecule has 0 radical (unpaired) electrons. The van der Waals surface area contributed by atoms with E-state index >= 15 is 0 Å². The van der Waals surface area contributed by atoms with Gasteiger partial charge in [0, 0.05) is 24.4 Å². The molecular weight excluding hydrogens is 342 g/mol. The summed E-state index contributed by atoms with van der Waals surface area (Å²) in [6.45, 7) is 0.599. The van der Waals surface area contributed by atoms with Gasteiger partial charge in [-0.1, -0.05) is 30.9 Å². The van der Waals surface area contributed by atoms with Gasteiger partial charge in [0.2, 0.25) is 11.8 Å². The number of hydrazine groups is 1. The van der Waals surface area contributed by atoms with Crippen molar-refractivity contribution < 1.29 is 14.4 Å². The Hall–Kier alpha value is -2.08. The number of anilines is 1. The fourth-order valence-corrected chi connectivity index (χ4v) is 3.64. The summed E-state index contributed by atoms with van der Waals surface area (Å²) in [6, 6.07) is 4.77. The molecule has 1 aromatic rings. The van der Waals surface area contributed by atoms with Gasteiger partial charge in [0.1, 0.15) is 0 Å². The molecule has 2 aliphatic rings. The largest absolute Gasteiger partial charge is 0.311 e. The van der Waals surface area contributed by atoms with E-state index in [0.717, 1.165) is 32.1 Å². The zero-order valence-electron chi connectivity index (χ0n) is 14.0. The van der Waals surface area contributed by atoms with Crippen molar-refractivity contribution >= 4 is 35.0 Å². The molecule has 1 saturated carbocycles.